The maximum atomic E-state index is 6.26. The summed E-state index contributed by atoms with van der Waals surface area (Å²) in [6.45, 7) is 5.35. The molecule has 1 aliphatic carbocycles. The quantitative estimate of drug-likeness (QED) is 0.580. The van der Waals surface area contributed by atoms with Crippen LogP contribution >= 0.6 is 12.4 Å². The number of aryl methyl sites for hydroxylation is 2. The van der Waals surface area contributed by atoms with Crippen LogP contribution in [-0.2, 0) is 0 Å². The number of rotatable bonds is 4. The molecule has 4 rings (SSSR count). The lowest BCUT2D eigenvalue weighted by Crippen LogP contribution is -2.19. The minimum absolute atomic E-state index is 0. The first-order valence-electron chi connectivity index (χ1n) is 8.43. The SMILES string of the molecule is Cc1ccc(-c2c(N(C)CC3CC3)oc3ccc(C)cc23)cc1.Cl. The smallest absolute Gasteiger partial charge is 0.204 e. The van der Waals surface area contributed by atoms with Gasteiger partial charge in [-0.15, -0.1) is 12.4 Å². The predicted molar refractivity (Wildman–Crippen MR) is 104 cm³/mol. The highest BCUT2D eigenvalue weighted by Crippen LogP contribution is 2.42. The van der Waals surface area contributed by atoms with Crippen molar-refractivity contribution < 1.29 is 4.42 Å². The molecule has 1 fully saturated rings. The average Bonchev–Trinajstić information content (AvgIpc) is 3.26. The van der Waals surface area contributed by atoms with Crippen LogP contribution in [0.2, 0.25) is 0 Å². The van der Waals surface area contributed by atoms with Crippen molar-refractivity contribution >= 4 is 29.3 Å². The zero-order chi connectivity index (χ0) is 16.0. The lowest BCUT2D eigenvalue weighted by Gasteiger charge is -2.17. The largest absolute Gasteiger partial charge is 0.440 e. The molecule has 0 atom stereocenters. The van der Waals surface area contributed by atoms with E-state index in [0.717, 1.165) is 23.9 Å². The van der Waals surface area contributed by atoms with Gasteiger partial charge in [0.2, 0.25) is 5.88 Å². The molecular formula is C21H24ClNO. The summed E-state index contributed by atoms with van der Waals surface area (Å²) < 4.78 is 6.26. The molecule has 1 saturated carbocycles. The second kappa shape index (κ2) is 6.52. The Morgan fingerprint density at radius 2 is 1.67 bits per heavy atom. The van der Waals surface area contributed by atoms with Crippen LogP contribution in [0, 0.1) is 19.8 Å². The standard InChI is InChI=1S/C21H23NO.ClH/c1-14-4-9-17(10-5-14)20-18-12-15(2)6-11-19(18)23-21(20)22(3)13-16-7-8-16;/h4-6,9-12,16H,7-8,13H2,1-3H3;1H. The molecule has 0 saturated heterocycles. The van der Waals surface area contributed by atoms with Gasteiger partial charge in [-0.2, -0.15) is 0 Å². The Labute approximate surface area is 149 Å². The lowest BCUT2D eigenvalue weighted by molar-refractivity contribution is 0.589. The number of anilines is 1. The summed E-state index contributed by atoms with van der Waals surface area (Å²) in [7, 11) is 2.15. The maximum absolute atomic E-state index is 6.26. The Morgan fingerprint density at radius 3 is 2.33 bits per heavy atom. The Hall–Kier alpha value is -1.93. The predicted octanol–water partition coefficient (Wildman–Crippen LogP) is 5.98. The fourth-order valence-corrected chi connectivity index (χ4v) is 3.24. The number of fused-ring (bicyclic) bond motifs is 1. The highest BCUT2D eigenvalue weighted by atomic mass is 35.5. The van der Waals surface area contributed by atoms with E-state index in [2.05, 4.69) is 68.3 Å². The molecule has 126 valence electrons. The van der Waals surface area contributed by atoms with Crippen LogP contribution in [0.3, 0.4) is 0 Å². The van der Waals surface area contributed by atoms with Gasteiger partial charge in [0, 0.05) is 19.0 Å². The van der Waals surface area contributed by atoms with Crippen molar-refractivity contribution in [1.29, 1.82) is 0 Å². The van der Waals surface area contributed by atoms with Gasteiger partial charge in [0.25, 0.3) is 0 Å². The molecule has 1 aliphatic rings. The molecule has 2 nitrogen and oxygen atoms in total. The molecule has 0 N–H and O–H groups in total. The van der Waals surface area contributed by atoms with Gasteiger partial charge < -0.3 is 9.32 Å². The van der Waals surface area contributed by atoms with Crippen molar-refractivity contribution in [2.24, 2.45) is 5.92 Å². The monoisotopic (exact) mass is 341 g/mol. The van der Waals surface area contributed by atoms with Crippen LogP contribution in [-0.4, -0.2) is 13.6 Å². The van der Waals surface area contributed by atoms with E-state index in [-0.39, 0.29) is 12.4 Å². The van der Waals surface area contributed by atoms with Crippen LogP contribution in [0.4, 0.5) is 5.88 Å². The number of halogens is 1. The Morgan fingerprint density at radius 1 is 1.00 bits per heavy atom. The van der Waals surface area contributed by atoms with E-state index in [1.54, 1.807) is 0 Å². The fourth-order valence-electron chi connectivity index (χ4n) is 3.24. The van der Waals surface area contributed by atoms with Gasteiger partial charge in [0.15, 0.2) is 0 Å². The van der Waals surface area contributed by atoms with Crippen molar-refractivity contribution in [2.75, 3.05) is 18.5 Å². The van der Waals surface area contributed by atoms with Gasteiger partial charge in [-0.3, -0.25) is 0 Å². The van der Waals surface area contributed by atoms with E-state index in [1.165, 1.54) is 40.5 Å². The molecule has 0 spiro atoms. The van der Waals surface area contributed by atoms with Gasteiger partial charge in [0.1, 0.15) is 5.58 Å². The summed E-state index contributed by atoms with van der Waals surface area (Å²) in [5, 5.41) is 1.21. The van der Waals surface area contributed by atoms with Crippen molar-refractivity contribution in [3.63, 3.8) is 0 Å². The van der Waals surface area contributed by atoms with Crippen molar-refractivity contribution in [3.8, 4) is 11.1 Å². The minimum atomic E-state index is 0. The third-order valence-corrected chi connectivity index (χ3v) is 4.74. The number of benzene rings is 2. The minimum Gasteiger partial charge on any atom is -0.440 e. The normalized spacial score (nSPS) is 13.8. The lowest BCUT2D eigenvalue weighted by atomic mass is 10.0. The fraction of sp³-hybridized carbons (Fsp3) is 0.333. The first kappa shape index (κ1) is 16.9. The summed E-state index contributed by atoms with van der Waals surface area (Å²) in [6, 6.07) is 15.2. The molecule has 0 bridgehead atoms. The first-order valence-corrected chi connectivity index (χ1v) is 8.43. The highest BCUT2D eigenvalue weighted by molar-refractivity contribution is 6.00. The summed E-state index contributed by atoms with van der Waals surface area (Å²) in [4.78, 5) is 2.29. The van der Waals surface area contributed by atoms with Gasteiger partial charge in [0.05, 0.1) is 5.56 Å². The van der Waals surface area contributed by atoms with E-state index < -0.39 is 0 Å². The first-order chi connectivity index (χ1) is 11.1. The van der Waals surface area contributed by atoms with Gasteiger partial charge in [-0.25, -0.2) is 0 Å². The molecule has 0 radical (unpaired) electrons. The molecule has 2 aromatic carbocycles. The van der Waals surface area contributed by atoms with E-state index >= 15 is 0 Å². The highest BCUT2D eigenvalue weighted by Gasteiger charge is 2.26. The number of hydrogen-bond acceptors (Lipinski definition) is 2. The number of furan rings is 1. The average molecular weight is 342 g/mol. The van der Waals surface area contributed by atoms with Crippen molar-refractivity contribution in [2.45, 2.75) is 26.7 Å². The summed E-state index contributed by atoms with van der Waals surface area (Å²) in [6.07, 6.45) is 2.70. The van der Waals surface area contributed by atoms with E-state index in [9.17, 15) is 0 Å². The zero-order valence-corrected chi connectivity index (χ0v) is 15.3. The third kappa shape index (κ3) is 3.16. The van der Waals surface area contributed by atoms with Crippen LogP contribution in [0.1, 0.15) is 24.0 Å². The van der Waals surface area contributed by atoms with Crippen molar-refractivity contribution in [1.82, 2.24) is 0 Å². The molecule has 0 aliphatic heterocycles. The number of hydrogen-bond donors (Lipinski definition) is 0. The molecule has 1 heterocycles. The molecule has 0 amide bonds. The number of nitrogens with zero attached hydrogens (tertiary/aromatic N) is 1. The van der Waals surface area contributed by atoms with Crippen LogP contribution in [0.15, 0.2) is 46.9 Å². The van der Waals surface area contributed by atoms with Crippen molar-refractivity contribution in [3.05, 3.63) is 53.6 Å². The van der Waals surface area contributed by atoms with E-state index in [1.807, 2.05) is 0 Å². The van der Waals surface area contributed by atoms with Crippen LogP contribution < -0.4 is 4.90 Å². The summed E-state index contributed by atoms with van der Waals surface area (Å²) in [5.74, 6) is 1.84. The second-order valence-corrected chi connectivity index (χ2v) is 6.97. The van der Waals surface area contributed by atoms with E-state index in [0.29, 0.717) is 0 Å². The van der Waals surface area contributed by atoms with Gasteiger partial charge >= 0.3 is 0 Å². The second-order valence-electron chi connectivity index (χ2n) is 6.97. The third-order valence-electron chi connectivity index (χ3n) is 4.74. The summed E-state index contributed by atoms with van der Waals surface area (Å²) in [5.41, 5.74) is 5.99. The van der Waals surface area contributed by atoms with Crippen LogP contribution in [0.5, 0.6) is 0 Å². The molecular weight excluding hydrogens is 318 g/mol. The molecule has 0 unspecified atom stereocenters. The van der Waals surface area contributed by atoms with Crippen LogP contribution in [0.25, 0.3) is 22.1 Å². The molecule has 24 heavy (non-hydrogen) atoms. The molecule has 3 heteroatoms. The van der Waals surface area contributed by atoms with Gasteiger partial charge in [-0.05, 0) is 50.3 Å². The Bertz CT molecular complexity index is 846. The maximum Gasteiger partial charge on any atom is 0.204 e. The zero-order valence-electron chi connectivity index (χ0n) is 14.5. The Balaban J connectivity index is 0.00000169. The molecule has 1 aromatic heterocycles. The molecule has 3 aromatic rings. The van der Waals surface area contributed by atoms with Gasteiger partial charge in [-0.1, -0.05) is 41.5 Å². The Kier molecular flexibility index (Phi) is 4.60. The topological polar surface area (TPSA) is 16.4 Å². The van der Waals surface area contributed by atoms with E-state index in [4.69, 9.17) is 4.42 Å². The summed E-state index contributed by atoms with van der Waals surface area (Å²) >= 11 is 0.